The molecule has 3 rings (SSSR count). The summed E-state index contributed by atoms with van der Waals surface area (Å²) in [6.07, 6.45) is 2.67. The number of likely N-dealkylation sites (tertiary alicyclic amines) is 1. The first-order valence-corrected chi connectivity index (χ1v) is 9.22. The standard InChI is InChI=1S/C20H26F3N5/c1-19(2)9-15(10-20(3,4)28(19)5)25-17-16(23)11-24-18(27-17)26-14-7-12(21)6-13(22)8-14/h6-8,11,15H,9-10H2,1-5H3,(H2,24,25,26,27). The molecule has 1 aliphatic heterocycles. The van der Waals surface area contributed by atoms with Gasteiger partial charge in [0.15, 0.2) is 11.6 Å². The number of anilines is 3. The number of hydrogen-bond acceptors (Lipinski definition) is 5. The van der Waals surface area contributed by atoms with Crippen LogP contribution < -0.4 is 10.6 Å². The summed E-state index contributed by atoms with van der Waals surface area (Å²) in [4.78, 5) is 10.4. The highest BCUT2D eigenvalue weighted by atomic mass is 19.1. The molecule has 8 heteroatoms. The molecular weight excluding hydrogens is 367 g/mol. The zero-order valence-electron chi connectivity index (χ0n) is 16.8. The van der Waals surface area contributed by atoms with Gasteiger partial charge >= 0.3 is 0 Å². The minimum atomic E-state index is -0.723. The molecule has 152 valence electrons. The van der Waals surface area contributed by atoms with Gasteiger partial charge in [-0.1, -0.05) is 0 Å². The van der Waals surface area contributed by atoms with Gasteiger partial charge in [0.25, 0.3) is 0 Å². The number of aromatic nitrogens is 2. The molecule has 0 spiro atoms. The van der Waals surface area contributed by atoms with Gasteiger partial charge in [0.1, 0.15) is 11.6 Å². The highest BCUT2D eigenvalue weighted by Gasteiger charge is 2.43. The second-order valence-electron chi connectivity index (χ2n) is 8.61. The number of benzene rings is 1. The van der Waals surface area contributed by atoms with E-state index in [-0.39, 0.29) is 34.6 Å². The number of nitrogens with zero attached hydrogens (tertiary/aromatic N) is 3. The van der Waals surface area contributed by atoms with Crippen LogP contribution >= 0.6 is 0 Å². The summed E-state index contributed by atoms with van der Waals surface area (Å²) in [5, 5.41) is 5.90. The molecule has 0 aliphatic carbocycles. The van der Waals surface area contributed by atoms with E-state index >= 15 is 0 Å². The van der Waals surface area contributed by atoms with E-state index < -0.39 is 17.5 Å². The summed E-state index contributed by atoms with van der Waals surface area (Å²) in [6, 6.07) is 3.02. The van der Waals surface area contributed by atoms with E-state index in [0.29, 0.717) is 0 Å². The first kappa shape index (κ1) is 20.4. The van der Waals surface area contributed by atoms with E-state index in [1.54, 1.807) is 0 Å². The zero-order valence-corrected chi connectivity index (χ0v) is 16.8. The number of halogens is 3. The number of rotatable bonds is 4. The SMILES string of the molecule is CN1C(C)(C)CC(Nc2nc(Nc3cc(F)cc(F)c3)ncc2F)CC1(C)C. The smallest absolute Gasteiger partial charge is 0.229 e. The lowest BCUT2D eigenvalue weighted by atomic mass is 9.77. The fourth-order valence-electron chi connectivity index (χ4n) is 3.95. The van der Waals surface area contributed by atoms with Gasteiger partial charge in [-0.15, -0.1) is 0 Å². The van der Waals surface area contributed by atoms with E-state index in [9.17, 15) is 13.2 Å². The second-order valence-corrected chi connectivity index (χ2v) is 8.61. The van der Waals surface area contributed by atoms with Crippen molar-refractivity contribution in [2.45, 2.75) is 57.7 Å². The van der Waals surface area contributed by atoms with Crippen LogP contribution in [0.3, 0.4) is 0 Å². The quantitative estimate of drug-likeness (QED) is 0.789. The maximum absolute atomic E-state index is 14.3. The molecule has 1 saturated heterocycles. The van der Waals surface area contributed by atoms with Crippen LogP contribution in [0.5, 0.6) is 0 Å². The molecule has 0 amide bonds. The van der Waals surface area contributed by atoms with Crippen molar-refractivity contribution in [1.82, 2.24) is 14.9 Å². The van der Waals surface area contributed by atoms with Crippen LogP contribution in [-0.2, 0) is 0 Å². The molecule has 0 saturated carbocycles. The molecule has 0 radical (unpaired) electrons. The molecule has 1 aromatic heterocycles. The van der Waals surface area contributed by atoms with Crippen LogP contribution in [0.4, 0.5) is 30.6 Å². The van der Waals surface area contributed by atoms with Gasteiger partial charge in [-0.2, -0.15) is 4.98 Å². The van der Waals surface area contributed by atoms with Crippen LogP contribution in [0.15, 0.2) is 24.4 Å². The third-order valence-corrected chi connectivity index (χ3v) is 5.51. The van der Waals surface area contributed by atoms with Gasteiger partial charge in [-0.3, -0.25) is 4.90 Å². The van der Waals surface area contributed by atoms with E-state index in [2.05, 4.69) is 60.2 Å². The largest absolute Gasteiger partial charge is 0.365 e. The Bertz CT molecular complexity index is 831. The lowest BCUT2D eigenvalue weighted by Gasteiger charge is -2.53. The highest BCUT2D eigenvalue weighted by Crippen LogP contribution is 2.38. The molecule has 5 nitrogen and oxygen atoms in total. The summed E-state index contributed by atoms with van der Waals surface area (Å²) in [7, 11) is 2.10. The Morgan fingerprint density at radius 2 is 1.57 bits per heavy atom. The average molecular weight is 393 g/mol. The van der Waals surface area contributed by atoms with Gasteiger partial charge in [0.05, 0.1) is 6.20 Å². The van der Waals surface area contributed by atoms with Crippen LogP contribution in [0, 0.1) is 17.5 Å². The van der Waals surface area contributed by atoms with Crippen molar-refractivity contribution in [3.8, 4) is 0 Å². The number of nitrogens with one attached hydrogen (secondary N) is 2. The van der Waals surface area contributed by atoms with E-state index in [1.165, 1.54) is 0 Å². The maximum atomic E-state index is 14.3. The molecule has 28 heavy (non-hydrogen) atoms. The first-order valence-electron chi connectivity index (χ1n) is 9.22. The van der Waals surface area contributed by atoms with E-state index in [1.807, 2.05) is 0 Å². The molecule has 1 aromatic carbocycles. The van der Waals surface area contributed by atoms with Crippen molar-refractivity contribution in [3.05, 3.63) is 41.8 Å². The predicted octanol–water partition coefficient (Wildman–Crippen LogP) is 4.70. The zero-order chi connectivity index (χ0) is 20.7. The van der Waals surface area contributed by atoms with Crippen LogP contribution in [-0.4, -0.2) is 39.0 Å². The number of piperidine rings is 1. The Morgan fingerprint density at radius 1 is 1.00 bits per heavy atom. The Hall–Kier alpha value is -2.35. The fraction of sp³-hybridized carbons (Fsp3) is 0.500. The molecule has 2 N–H and O–H groups in total. The van der Waals surface area contributed by atoms with Crippen LogP contribution in [0.25, 0.3) is 0 Å². The van der Waals surface area contributed by atoms with Crippen molar-refractivity contribution >= 4 is 17.5 Å². The Balaban J connectivity index is 1.80. The minimum absolute atomic E-state index is 0.0186. The van der Waals surface area contributed by atoms with Crippen LogP contribution in [0.1, 0.15) is 40.5 Å². The van der Waals surface area contributed by atoms with E-state index in [4.69, 9.17) is 0 Å². The van der Waals surface area contributed by atoms with Crippen molar-refractivity contribution in [2.24, 2.45) is 0 Å². The Labute approximate surface area is 163 Å². The van der Waals surface area contributed by atoms with Crippen molar-refractivity contribution in [3.63, 3.8) is 0 Å². The van der Waals surface area contributed by atoms with Gasteiger partial charge in [0.2, 0.25) is 5.95 Å². The molecule has 1 fully saturated rings. The first-order chi connectivity index (χ1) is 13.0. The van der Waals surface area contributed by atoms with E-state index in [0.717, 1.165) is 37.2 Å². The second kappa shape index (κ2) is 7.24. The van der Waals surface area contributed by atoms with Crippen LogP contribution in [0.2, 0.25) is 0 Å². The molecule has 2 aromatic rings. The predicted molar refractivity (Wildman–Crippen MR) is 104 cm³/mol. The third-order valence-electron chi connectivity index (χ3n) is 5.51. The summed E-state index contributed by atoms with van der Waals surface area (Å²) in [6.45, 7) is 8.63. The lowest BCUT2D eigenvalue weighted by molar-refractivity contribution is -0.00778. The maximum Gasteiger partial charge on any atom is 0.229 e. The molecule has 2 heterocycles. The summed E-state index contributed by atoms with van der Waals surface area (Å²) >= 11 is 0. The monoisotopic (exact) mass is 393 g/mol. The Morgan fingerprint density at radius 3 is 2.14 bits per heavy atom. The lowest BCUT2D eigenvalue weighted by Crippen LogP contribution is -2.61. The molecule has 0 bridgehead atoms. The van der Waals surface area contributed by atoms with Gasteiger partial charge in [-0.25, -0.2) is 18.2 Å². The van der Waals surface area contributed by atoms with Crippen molar-refractivity contribution in [2.75, 3.05) is 17.7 Å². The molecular formula is C20H26F3N5. The molecule has 0 atom stereocenters. The van der Waals surface area contributed by atoms with Gasteiger partial charge in [0, 0.05) is 28.9 Å². The average Bonchev–Trinajstić information content (AvgIpc) is 2.54. The highest BCUT2D eigenvalue weighted by molar-refractivity contribution is 5.55. The third kappa shape index (κ3) is 4.38. The van der Waals surface area contributed by atoms with Crippen molar-refractivity contribution < 1.29 is 13.2 Å². The summed E-state index contributed by atoms with van der Waals surface area (Å²) < 4.78 is 41.0. The van der Waals surface area contributed by atoms with Gasteiger partial charge in [-0.05, 0) is 59.7 Å². The number of hydrogen-bond donors (Lipinski definition) is 2. The summed E-state index contributed by atoms with van der Waals surface area (Å²) in [5.74, 6) is -1.90. The summed E-state index contributed by atoms with van der Waals surface area (Å²) in [5.41, 5.74) is 0.0169. The normalized spacial score (nSPS) is 19.4. The van der Waals surface area contributed by atoms with Gasteiger partial charge < -0.3 is 10.6 Å². The fourth-order valence-corrected chi connectivity index (χ4v) is 3.95. The molecule has 1 aliphatic rings. The topological polar surface area (TPSA) is 53.1 Å². The Kier molecular flexibility index (Phi) is 5.27. The molecule has 0 unspecified atom stereocenters. The minimum Gasteiger partial charge on any atom is -0.365 e. The van der Waals surface area contributed by atoms with Crippen molar-refractivity contribution in [1.29, 1.82) is 0 Å².